The molecule has 64 valence electrons. The maximum Gasteiger partial charge on any atom is 0.297 e. The predicted molar refractivity (Wildman–Crippen MR) is 37.6 cm³/mol. The first-order chi connectivity index (χ1) is 4.77. The molecule has 0 spiro atoms. The van der Waals surface area contributed by atoms with Gasteiger partial charge in [-0.1, -0.05) is 24.6 Å². The summed E-state index contributed by atoms with van der Waals surface area (Å²) in [6.45, 7) is 4.58. The molecule has 0 unspecified atom stereocenters. The average Bonchev–Trinajstić information content (AvgIpc) is 1.86. The van der Waals surface area contributed by atoms with E-state index in [2.05, 4.69) is 6.58 Å². The lowest BCUT2D eigenvalue weighted by molar-refractivity contribution is -0.231. The molecule has 0 bridgehead atoms. The van der Waals surface area contributed by atoms with Crippen LogP contribution in [0.2, 0.25) is 0 Å². The summed E-state index contributed by atoms with van der Waals surface area (Å²) in [6.07, 6.45) is 0.570. The molecule has 4 heteroatoms. The van der Waals surface area contributed by atoms with Crippen molar-refractivity contribution in [3.05, 3.63) is 12.7 Å². The van der Waals surface area contributed by atoms with Crippen molar-refractivity contribution >= 4 is 11.6 Å². The van der Waals surface area contributed by atoms with Gasteiger partial charge in [0.1, 0.15) is 0 Å². The quantitative estimate of drug-likeness (QED) is 0.434. The highest BCUT2D eigenvalue weighted by Crippen LogP contribution is 2.64. The summed E-state index contributed by atoms with van der Waals surface area (Å²) in [6, 6.07) is 0. The topological polar surface area (TPSA) is 0 Å². The smallest absolute Gasteiger partial charge is 0.219 e. The van der Waals surface area contributed by atoms with Crippen LogP contribution in [0.5, 0.6) is 0 Å². The van der Waals surface area contributed by atoms with Crippen LogP contribution < -0.4 is 0 Å². The fourth-order valence-corrected chi connectivity index (χ4v) is 1.41. The van der Waals surface area contributed by atoms with Crippen LogP contribution in [0.3, 0.4) is 0 Å². The second-order valence-corrected chi connectivity index (χ2v) is 3.60. The molecule has 0 nitrogen and oxygen atoms in total. The third kappa shape index (κ3) is 0.835. The van der Waals surface area contributed by atoms with Crippen LogP contribution in [0, 0.1) is 5.41 Å². The zero-order valence-electron chi connectivity index (χ0n) is 6.00. The monoisotopic (exact) mass is 184 g/mol. The summed E-state index contributed by atoms with van der Waals surface area (Å²) >= 11 is 5.02. The number of hydrogen-bond acceptors (Lipinski definition) is 0. The summed E-state index contributed by atoms with van der Waals surface area (Å²) in [4.78, 5) is 0. The Hall–Kier alpha value is -0.180. The van der Waals surface area contributed by atoms with Crippen molar-refractivity contribution in [2.75, 3.05) is 0 Å². The summed E-state index contributed by atoms with van der Waals surface area (Å²) < 4.78 is 37.9. The number of rotatable bonds is 1. The van der Waals surface area contributed by atoms with Gasteiger partial charge in [0.25, 0.3) is 11.1 Å². The van der Waals surface area contributed by atoms with E-state index in [9.17, 15) is 13.2 Å². The van der Waals surface area contributed by atoms with E-state index >= 15 is 0 Å². The molecule has 1 saturated carbocycles. The van der Waals surface area contributed by atoms with E-state index in [0.29, 0.717) is 0 Å². The lowest BCUT2D eigenvalue weighted by Gasteiger charge is -2.52. The van der Waals surface area contributed by atoms with Gasteiger partial charge in [-0.05, 0) is 0 Å². The molecular weight excluding hydrogens is 177 g/mol. The number of alkyl halides is 4. The van der Waals surface area contributed by atoms with Gasteiger partial charge in [-0.25, -0.2) is 13.2 Å². The summed E-state index contributed by atoms with van der Waals surface area (Å²) in [5.74, 6) is -3.42. The molecule has 11 heavy (non-hydrogen) atoms. The Morgan fingerprint density at radius 3 is 2.00 bits per heavy atom. The van der Waals surface area contributed by atoms with Crippen LogP contribution in [-0.4, -0.2) is 11.1 Å². The van der Waals surface area contributed by atoms with Gasteiger partial charge in [0.2, 0.25) is 0 Å². The number of allylic oxidation sites excluding steroid dienone is 1. The van der Waals surface area contributed by atoms with Crippen molar-refractivity contribution in [1.82, 2.24) is 0 Å². The molecule has 1 fully saturated rings. The highest BCUT2D eigenvalue weighted by Gasteiger charge is 2.74. The number of hydrogen-bond donors (Lipinski definition) is 0. The molecule has 0 N–H and O–H groups in total. The third-order valence-electron chi connectivity index (χ3n) is 2.22. The minimum absolute atomic E-state index is 0.566. The molecule has 0 aromatic heterocycles. The molecule has 0 aromatic rings. The standard InChI is InChI=1S/C7H8ClF3/c1-3-5(2)4-6(9,10)7(5,8)11/h3H,1,4H2,2H3/t5-,7-/m0/s1. The highest BCUT2D eigenvalue weighted by molar-refractivity contribution is 6.25. The Balaban J connectivity index is 2.93. The minimum atomic E-state index is -3.42. The zero-order valence-corrected chi connectivity index (χ0v) is 6.76. The summed E-state index contributed by atoms with van der Waals surface area (Å²) in [5.41, 5.74) is -1.29. The van der Waals surface area contributed by atoms with Crippen LogP contribution >= 0.6 is 11.6 Å². The SMILES string of the molecule is C=C[C@@]1(C)CC(F)(F)[C@]1(F)Cl. The Morgan fingerprint density at radius 1 is 1.45 bits per heavy atom. The Morgan fingerprint density at radius 2 is 1.91 bits per heavy atom. The molecule has 1 rings (SSSR count). The van der Waals surface area contributed by atoms with Gasteiger partial charge in [0.05, 0.1) is 0 Å². The average molecular weight is 185 g/mol. The third-order valence-corrected chi connectivity index (χ3v) is 2.92. The molecule has 1 aliphatic carbocycles. The summed E-state index contributed by atoms with van der Waals surface area (Å²) in [7, 11) is 0. The molecule has 0 amide bonds. The van der Waals surface area contributed by atoms with Crippen LogP contribution in [0.1, 0.15) is 13.3 Å². The maximum atomic E-state index is 13.0. The summed E-state index contributed by atoms with van der Waals surface area (Å²) in [5, 5.41) is -2.96. The molecule has 0 saturated heterocycles. The Labute approximate surface area is 68.0 Å². The Kier molecular flexibility index (Phi) is 1.58. The molecule has 0 radical (unpaired) electrons. The largest absolute Gasteiger partial charge is 0.297 e. The van der Waals surface area contributed by atoms with Gasteiger partial charge in [-0.15, -0.1) is 6.58 Å². The molecule has 0 heterocycles. The Bertz CT molecular complexity index is 200. The van der Waals surface area contributed by atoms with Crippen LogP contribution in [0.25, 0.3) is 0 Å². The lowest BCUT2D eigenvalue weighted by Crippen LogP contribution is -2.63. The first kappa shape index (κ1) is 8.91. The first-order valence-corrected chi connectivity index (χ1v) is 3.54. The molecular formula is C7H8ClF3. The van der Waals surface area contributed by atoms with E-state index < -0.39 is 22.9 Å². The van der Waals surface area contributed by atoms with Crippen molar-refractivity contribution in [2.24, 2.45) is 5.41 Å². The van der Waals surface area contributed by atoms with E-state index in [0.717, 1.165) is 6.08 Å². The second kappa shape index (κ2) is 1.94. The van der Waals surface area contributed by atoms with E-state index in [-0.39, 0.29) is 0 Å². The van der Waals surface area contributed by atoms with Gasteiger partial charge in [-0.2, -0.15) is 0 Å². The zero-order chi connectivity index (χ0) is 8.91. The fourth-order valence-electron chi connectivity index (χ4n) is 1.19. The van der Waals surface area contributed by atoms with Crippen molar-refractivity contribution in [2.45, 2.75) is 24.4 Å². The van der Waals surface area contributed by atoms with Crippen molar-refractivity contribution in [1.29, 1.82) is 0 Å². The van der Waals surface area contributed by atoms with Crippen molar-refractivity contribution < 1.29 is 13.2 Å². The van der Waals surface area contributed by atoms with Gasteiger partial charge < -0.3 is 0 Å². The second-order valence-electron chi connectivity index (χ2n) is 3.08. The van der Waals surface area contributed by atoms with E-state index in [4.69, 9.17) is 11.6 Å². The predicted octanol–water partition coefficient (Wildman–Crippen LogP) is 3.12. The van der Waals surface area contributed by atoms with Crippen LogP contribution in [0.4, 0.5) is 13.2 Å². The normalized spacial score (nSPS) is 48.1. The molecule has 0 aliphatic heterocycles. The highest BCUT2D eigenvalue weighted by atomic mass is 35.5. The van der Waals surface area contributed by atoms with Gasteiger partial charge in [-0.3, -0.25) is 0 Å². The van der Waals surface area contributed by atoms with E-state index in [1.54, 1.807) is 0 Å². The van der Waals surface area contributed by atoms with Crippen LogP contribution in [-0.2, 0) is 0 Å². The van der Waals surface area contributed by atoms with E-state index in [1.807, 2.05) is 0 Å². The lowest BCUT2D eigenvalue weighted by atomic mass is 9.65. The molecule has 0 aromatic carbocycles. The molecule has 1 aliphatic rings. The fraction of sp³-hybridized carbons (Fsp3) is 0.714. The van der Waals surface area contributed by atoms with Crippen LogP contribution in [0.15, 0.2) is 12.7 Å². The first-order valence-electron chi connectivity index (χ1n) is 3.16. The van der Waals surface area contributed by atoms with Gasteiger partial charge >= 0.3 is 0 Å². The van der Waals surface area contributed by atoms with Gasteiger partial charge in [0, 0.05) is 11.8 Å². The van der Waals surface area contributed by atoms with Crippen molar-refractivity contribution in [3.63, 3.8) is 0 Å². The van der Waals surface area contributed by atoms with Crippen molar-refractivity contribution in [3.8, 4) is 0 Å². The molecule has 2 atom stereocenters. The minimum Gasteiger partial charge on any atom is -0.219 e. The van der Waals surface area contributed by atoms with E-state index in [1.165, 1.54) is 6.92 Å². The van der Waals surface area contributed by atoms with Gasteiger partial charge in [0.15, 0.2) is 0 Å². The maximum absolute atomic E-state index is 13.0. The number of halogens is 4.